The van der Waals surface area contributed by atoms with E-state index in [4.69, 9.17) is 18.2 Å². The van der Waals surface area contributed by atoms with Gasteiger partial charge in [-0.1, -0.05) is 224 Å². The number of anilines is 6. The third-order valence-corrected chi connectivity index (χ3v) is 14.7. The summed E-state index contributed by atoms with van der Waals surface area (Å²) in [5.74, 6) is 0. The second-order valence-corrected chi connectivity index (χ2v) is 19.2. The number of hydrogen-bond acceptors (Lipinski definition) is 3. The van der Waals surface area contributed by atoms with Crippen molar-refractivity contribution < 1.29 is 0 Å². The van der Waals surface area contributed by atoms with Crippen LogP contribution >= 0.6 is 11.6 Å². The third-order valence-electron chi connectivity index (χ3n) is 14.5. The van der Waals surface area contributed by atoms with Gasteiger partial charge in [0.1, 0.15) is 0 Å². The lowest BCUT2D eigenvalue weighted by Crippen LogP contribution is -2.61. The number of nitrogens with zero attached hydrogens (tertiary/aromatic N) is 4. The zero-order valence-electron chi connectivity index (χ0n) is 40.0. The highest BCUT2D eigenvalue weighted by atomic mass is 35.5. The fraction of sp³-hybridized carbons (Fsp3) is 0. The van der Waals surface area contributed by atoms with Gasteiger partial charge in [-0.2, -0.15) is 5.26 Å². The minimum absolute atomic E-state index is 0.300. The second-order valence-electron chi connectivity index (χ2n) is 18.7. The molecular weight excluding hydrogens is 919 g/mol. The van der Waals surface area contributed by atoms with Crippen LogP contribution < -0.4 is 26.2 Å². The molecule has 2 aliphatic rings. The average Bonchev–Trinajstić information content (AvgIpc) is 3.48. The first-order valence-corrected chi connectivity index (χ1v) is 25.1. The Balaban J connectivity index is 1.19. The van der Waals surface area contributed by atoms with Crippen molar-refractivity contribution in [1.29, 1.82) is 5.26 Å². The molecule has 4 nitrogen and oxygen atoms in total. The van der Waals surface area contributed by atoms with Gasteiger partial charge < -0.3 is 9.80 Å². The molecule has 0 atom stereocenters. The molecule has 0 saturated carbocycles. The number of benzene rings is 11. The van der Waals surface area contributed by atoms with E-state index in [0.29, 0.717) is 16.3 Å². The molecular formula is C68H42BClN4. The summed E-state index contributed by atoms with van der Waals surface area (Å²) < 4.78 is 0. The quantitative estimate of drug-likeness (QED) is 0.112. The maximum absolute atomic E-state index is 10.1. The fourth-order valence-electron chi connectivity index (χ4n) is 11.3. The van der Waals surface area contributed by atoms with Gasteiger partial charge in [-0.15, -0.1) is 0 Å². The van der Waals surface area contributed by atoms with Crippen LogP contribution in [0, 0.1) is 17.9 Å². The predicted octanol–water partition coefficient (Wildman–Crippen LogP) is 16.8. The SMILES string of the molecule is [C-]#[N+]c1cccc(-c2ccc3c(c2)B2c4cc(-c5cccc(C#N)c5)ccc4N(c4c(-c5ccccc5)cccc4-c4ccccc4)c4cc(Cl)cc(c42)N3c2c(-c3ccccc3)cccc2-c2ccccc2)c1. The molecule has 0 fully saturated rings. The van der Waals surface area contributed by atoms with Crippen LogP contribution in [0.5, 0.6) is 0 Å². The molecule has 0 bridgehead atoms. The van der Waals surface area contributed by atoms with E-state index in [1.165, 1.54) is 0 Å². The van der Waals surface area contributed by atoms with Gasteiger partial charge in [0.15, 0.2) is 5.69 Å². The molecule has 11 aromatic carbocycles. The van der Waals surface area contributed by atoms with E-state index in [1.54, 1.807) is 0 Å². The van der Waals surface area contributed by atoms with Crippen molar-refractivity contribution in [3.05, 3.63) is 277 Å². The summed E-state index contributed by atoms with van der Waals surface area (Å²) in [5.41, 5.74) is 23.2. The second kappa shape index (κ2) is 18.5. The van der Waals surface area contributed by atoms with E-state index in [2.05, 4.69) is 239 Å². The molecule has 6 heteroatoms. The van der Waals surface area contributed by atoms with Gasteiger partial charge in [-0.3, -0.25) is 0 Å². The van der Waals surface area contributed by atoms with Crippen LogP contribution in [0.15, 0.2) is 255 Å². The fourth-order valence-corrected chi connectivity index (χ4v) is 11.5. The summed E-state index contributed by atoms with van der Waals surface area (Å²) in [7, 11) is 0. The van der Waals surface area contributed by atoms with Gasteiger partial charge in [0.25, 0.3) is 6.71 Å². The Bertz CT molecular complexity index is 3690. The standard InChI is InChI=1S/C68H42BClN4/c1-72-55-29-15-28-51(39-55)53-35-37-63-61(41-53)69-60-40-52(50-27-14-18-45(38-50)44-71)34-36-62(60)73(67-56(46-19-6-2-7-20-46)30-16-31-57(67)47-21-8-3-9-22-47)64-42-54(70)43-65(66(64)69)74(63)68-58(48-23-10-4-11-24-48)32-17-33-59(68)49-25-12-5-13-26-49/h2-43H. The number of halogens is 1. The number of para-hydroxylation sites is 2. The van der Waals surface area contributed by atoms with E-state index in [9.17, 15) is 5.26 Å². The maximum atomic E-state index is 10.1. The van der Waals surface area contributed by atoms with Crippen molar-refractivity contribution in [2.45, 2.75) is 0 Å². The lowest BCUT2D eigenvalue weighted by Gasteiger charge is -2.46. The minimum atomic E-state index is -0.300. The van der Waals surface area contributed by atoms with Crippen molar-refractivity contribution in [2.75, 3.05) is 9.80 Å². The topological polar surface area (TPSA) is 34.6 Å². The number of fused-ring (bicyclic) bond motifs is 4. The Labute approximate surface area is 436 Å². The molecule has 0 N–H and O–H groups in total. The minimum Gasteiger partial charge on any atom is -0.310 e. The molecule has 0 radical (unpaired) electrons. The zero-order valence-corrected chi connectivity index (χ0v) is 40.7. The molecule has 0 aromatic heterocycles. The first kappa shape index (κ1) is 44.3. The van der Waals surface area contributed by atoms with Crippen LogP contribution in [-0.2, 0) is 0 Å². The summed E-state index contributed by atoms with van der Waals surface area (Å²) in [4.78, 5) is 8.77. The van der Waals surface area contributed by atoms with Gasteiger partial charge >= 0.3 is 0 Å². The van der Waals surface area contributed by atoms with E-state index in [0.717, 1.165) is 117 Å². The van der Waals surface area contributed by atoms with E-state index in [1.807, 2.05) is 36.4 Å². The van der Waals surface area contributed by atoms with Crippen molar-refractivity contribution >= 4 is 74.5 Å². The Morgan fingerprint density at radius 1 is 0.378 bits per heavy atom. The Hall–Kier alpha value is -9.65. The zero-order chi connectivity index (χ0) is 49.7. The summed E-state index contributed by atoms with van der Waals surface area (Å²) in [6.45, 7) is 7.66. The van der Waals surface area contributed by atoms with Crippen LogP contribution in [0.3, 0.4) is 0 Å². The number of nitriles is 1. The number of hydrogen-bond donors (Lipinski definition) is 0. The van der Waals surface area contributed by atoms with Crippen molar-refractivity contribution in [2.24, 2.45) is 0 Å². The van der Waals surface area contributed by atoms with E-state index < -0.39 is 0 Å². The molecule has 11 aromatic rings. The maximum Gasteiger partial charge on any atom is 0.252 e. The highest BCUT2D eigenvalue weighted by Gasteiger charge is 2.45. The molecule has 344 valence electrons. The highest BCUT2D eigenvalue weighted by molar-refractivity contribution is 7.00. The molecule has 0 unspecified atom stereocenters. The first-order chi connectivity index (χ1) is 36.5. The molecule has 2 heterocycles. The van der Waals surface area contributed by atoms with Crippen LogP contribution in [0.25, 0.3) is 71.6 Å². The summed E-state index contributed by atoms with van der Waals surface area (Å²) >= 11 is 7.68. The summed E-state index contributed by atoms with van der Waals surface area (Å²) in [6, 6.07) is 91.9. The van der Waals surface area contributed by atoms with E-state index >= 15 is 0 Å². The highest BCUT2D eigenvalue weighted by Crippen LogP contribution is 2.53. The lowest BCUT2D eigenvalue weighted by molar-refractivity contribution is 1.25. The van der Waals surface area contributed by atoms with Gasteiger partial charge in [-0.25, -0.2) is 4.85 Å². The molecule has 0 amide bonds. The van der Waals surface area contributed by atoms with Crippen molar-refractivity contribution in [3.63, 3.8) is 0 Å². The smallest absolute Gasteiger partial charge is 0.252 e. The van der Waals surface area contributed by atoms with Crippen molar-refractivity contribution in [3.8, 4) is 72.8 Å². The predicted molar refractivity (Wildman–Crippen MR) is 309 cm³/mol. The number of rotatable bonds is 8. The molecule has 2 aliphatic heterocycles. The van der Waals surface area contributed by atoms with Crippen LogP contribution in [0.4, 0.5) is 39.8 Å². The van der Waals surface area contributed by atoms with Gasteiger partial charge in [0.2, 0.25) is 0 Å². The monoisotopic (exact) mass is 960 g/mol. The van der Waals surface area contributed by atoms with Gasteiger partial charge in [0, 0.05) is 50.0 Å². The Morgan fingerprint density at radius 2 is 0.757 bits per heavy atom. The van der Waals surface area contributed by atoms with Crippen LogP contribution in [0.2, 0.25) is 5.02 Å². The largest absolute Gasteiger partial charge is 0.310 e. The van der Waals surface area contributed by atoms with E-state index in [-0.39, 0.29) is 6.71 Å². The molecule has 0 aliphatic carbocycles. The third kappa shape index (κ3) is 7.55. The Morgan fingerprint density at radius 3 is 1.18 bits per heavy atom. The van der Waals surface area contributed by atoms with Crippen LogP contribution in [0.1, 0.15) is 5.56 Å². The van der Waals surface area contributed by atoms with Crippen LogP contribution in [-0.4, -0.2) is 6.71 Å². The molecule has 0 saturated heterocycles. The summed E-state index contributed by atoms with van der Waals surface area (Å²) in [6.07, 6.45) is 0. The Kier molecular flexibility index (Phi) is 11.1. The normalized spacial score (nSPS) is 12.0. The molecule has 0 spiro atoms. The average molecular weight is 961 g/mol. The lowest BCUT2D eigenvalue weighted by atomic mass is 9.33. The van der Waals surface area contributed by atoms with Gasteiger partial charge in [-0.05, 0) is 103 Å². The first-order valence-electron chi connectivity index (χ1n) is 24.7. The summed E-state index contributed by atoms with van der Waals surface area (Å²) in [5, 5.41) is 10.7. The molecule has 74 heavy (non-hydrogen) atoms. The molecule has 13 rings (SSSR count). The van der Waals surface area contributed by atoms with Crippen molar-refractivity contribution in [1.82, 2.24) is 0 Å². The van der Waals surface area contributed by atoms with Gasteiger partial charge in [0.05, 0.1) is 29.6 Å².